The van der Waals surface area contributed by atoms with Gasteiger partial charge in [-0.1, -0.05) is 67.5 Å². The Kier molecular flexibility index (Phi) is 7.29. The standard InChI is InChI=1S/C23H40N2O2/c1-15(21(3,4)5)13-18(22(6,7)8)14-23(24,25)20(27)16(2)17-9-11-19(26)12-10-17/h9-12,15-16,18,26H,13-14,24-25H2,1-8H3. The molecule has 0 saturated carbocycles. The molecule has 3 atom stereocenters. The molecule has 27 heavy (non-hydrogen) atoms. The summed E-state index contributed by atoms with van der Waals surface area (Å²) in [5.41, 5.74) is 12.4. The molecule has 0 spiro atoms. The normalized spacial score (nSPS) is 16.7. The van der Waals surface area contributed by atoms with E-state index in [1.807, 2.05) is 6.92 Å². The van der Waals surface area contributed by atoms with Gasteiger partial charge in [-0.25, -0.2) is 0 Å². The highest BCUT2D eigenvalue weighted by Crippen LogP contribution is 2.41. The van der Waals surface area contributed by atoms with E-state index >= 15 is 0 Å². The maximum atomic E-state index is 13.1. The molecule has 0 heterocycles. The summed E-state index contributed by atoms with van der Waals surface area (Å²) in [4.78, 5) is 13.1. The van der Waals surface area contributed by atoms with E-state index in [0.29, 0.717) is 12.3 Å². The zero-order chi connectivity index (χ0) is 21.2. The molecule has 0 radical (unpaired) electrons. The van der Waals surface area contributed by atoms with Crippen LogP contribution in [0.15, 0.2) is 24.3 Å². The second-order valence-corrected chi connectivity index (χ2v) is 10.5. The van der Waals surface area contributed by atoms with Crippen LogP contribution < -0.4 is 11.5 Å². The Morgan fingerprint density at radius 2 is 1.44 bits per heavy atom. The quantitative estimate of drug-likeness (QED) is 0.596. The number of aromatic hydroxyl groups is 1. The summed E-state index contributed by atoms with van der Waals surface area (Å²) in [6.07, 6.45) is 1.43. The van der Waals surface area contributed by atoms with Crippen molar-refractivity contribution in [1.82, 2.24) is 0 Å². The van der Waals surface area contributed by atoms with Crippen molar-refractivity contribution in [2.45, 2.75) is 79.8 Å². The highest BCUT2D eigenvalue weighted by atomic mass is 16.3. The highest BCUT2D eigenvalue weighted by molar-refractivity contribution is 5.93. The summed E-state index contributed by atoms with van der Waals surface area (Å²) in [5, 5.41) is 9.46. The Morgan fingerprint density at radius 3 is 1.85 bits per heavy atom. The van der Waals surface area contributed by atoms with Crippen molar-refractivity contribution in [3.63, 3.8) is 0 Å². The molecule has 154 valence electrons. The van der Waals surface area contributed by atoms with E-state index in [9.17, 15) is 9.90 Å². The molecule has 1 aromatic carbocycles. The number of hydrogen-bond donors (Lipinski definition) is 3. The van der Waals surface area contributed by atoms with E-state index in [2.05, 4.69) is 48.5 Å². The molecule has 0 saturated heterocycles. The maximum absolute atomic E-state index is 13.1. The maximum Gasteiger partial charge on any atom is 0.174 e. The number of ketones is 1. The van der Waals surface area contributed by atoms with Gasteiger partial charge in [0.15, 0.2) is 5.78 Å². The third-order valence-electron chi connectivity index (χ3n) is 6.17. The molecule has 0 amide bonds. The number of carbonyl (C=O) groups is 1. The first kappa shape index (κ1) is 23.6. The summed E-state index contributed by atoms with van der Waals surface area (Å²) in [6, 6.07) is 6.65. The predicted octanol–water partition coefficient (Wildman–Crippen LogP) is 4.80. The van der Waals surface area contributed by atoms with Crippen LogP contribution in [0, 0.1) is 22.7 Å². The first-order valence-electron chi connectivity index (χ1n) is 9.96. The Hall–Kier alpha value is -1.39. The minimum atomic E-state index is -1.38. The van der Waals surface area contributed by atoms with Gasteiger partial charge in [-0.2, -0.15) is 0 Å². The van der Waals surface area contributed by atoms with Gasteiger partial charge >= 0.3 is 0 Å². The average Bonchev–Trinajstić information content (AvgIpc) is 2.51. The van der Waals surface area contributed by atoms with E-state index in [0.717, 1.165) is 12.0 Å². The van der Waals surface area contributed by atoms with Crippen LogP contribution in [-0.4, -0.2) is 16.6 Å². The molecule has 1 rings (SSSR count). The zero-order valence-corrected chi connectivity index (χ0v) is 18.5. The molecule has 5 N–H and O–H groups in total. The van der Waals surface area contributed by atoms with Crippen molar-refractivity contribution >= 4 is 5.78 Å². The minimum Gasteiger partial charge on any atom is -0.508 e. The van der Waals surface area contributed by atoms with Crippen LogP contribution >= 0.6 is 0 Å². The first-order valence-corrected chi connectivity index (χ1v) is 9.96. The number of nitrogens with two attached hydrogens (primary N) is 2. The van der Waals surface area contributed by atoms with Crippen molar-refractivity contribution in [2.75, 3.05) is 0 Å². The van der Waals surface area contributed by atoms with Crippen LogP contribution in [0.25, 0.3) is 0 Å². The number of benzene rings is 1. The monoisotopic (exact) mass is 376 g/mol. The molecular weight excluding hydrogens is 336 g/mol. The SMILES string of the molecule is CC(C(=O)C(N)(N)CC(CC(C)C(C)(C)C)C(C)(C)C)c1ccc(O)cc1. The van der Waals surface area contributed by atoms with Gasteiger partial charge in [-0.05, 0) is 53.2 Å². The molecule has 4 nitrogen and oxygen atoms in total. The van der Waals surface area contributed by atoms with Crippen LogP contribution in [0.1, 0.15) is 79.7 Å². The van der Waals surface area contributed by atoms with Gasteiger partial charge in [0.05, 0.1) is 0 Å². The third kappa shape index (κ3) is 6.62. The number of phenolic OH excluding ortho intramolecular Hbond substituents is 1. The van der Waals surface area contributed by atoms with Gasteiger partial charge in [-0.15, -0.1) is 0 Å². The lowest BCUT2D eigenvalue weighted by atomic mass is 9.67. The Labute approximate surface area is 165 Å². The van der Waals surface area contributed by atoms with Crippen LogP contribution in [0.5, 0.6) is 5.75 Å². The van der Waals surface area contributed by atoms with E-state index < -0.39 is 11.6 Å². The van der Waals surface area contributed by atoms with Crippen LogP contribution in [-0.2, 0) is 4.79 Å². The van der Waals surface area contributed by atoms with Crippen LogP contribution in [0.3, 0.4) is 0 Å². The van der Waals surface area contributed by atoms with Crippen molar-refractivity contribution in [3.05, 3.63) is 29.8 Å². The lowest BCUT2D eigenvalue weighted by Gasteiger charge is -2.40. The molecule has 0 fully saturated rings. The molecule has 1 aromatic rings. The molecule has 0 bridgehead atoms. The Balaban J connectivity index is 3.01. The summed E-state index contributed by atoms with van der Waals surface area (Å²) in [7, 11) is 0. The van der Waals surface area contributed by atoms with Crippen LogP contribution in [0.4, 0.5) is 0 Å². The number of hydrogen-bond acceptors (Lipinski definition) is 4. The van der Waals surface area contributed by atoms with Gasteiger partial charge in [0.25, 0.3) is 0 Å². The topological polar surface area (TPSA) is 89.3 Å². The van der Waals surface area contributed by atoms with Crippen LogP contribution in [0.2, 0.25) is 0 Å². The lowest BCUT2D eigenvalue weighted by molar-refractivity contribution is -0.126. The van der Waals surface area contributed by atoms with Gasteiger partial charge in [0.1, 0.15) is 11.4 Å². The van der Waals surface area contributed by atoms with E-state index in [1.54, 1.807) is 24.3 Å². The number of Topliss-reactive ketones (excluding diaryl/α,β-unsaturated/α-hetero) is 1. The summed E-state index contributed by atoms with van der Waals surface area (Å²) in [6.45, 7) is 17.4. The fourth-order valence-electron chi connectivity index (χ4n) is 3.35. The second-order valence-electron chi connectivity index (χ2n) is 10.5. The number of rotatable bonds is 7. The second kappa shape index (κ2) is 8.32. The molecule has 0 aromatic heterocycles. The Bertz CT molecular complexity index is 621. The van der Waals surface area contributed by atoms with Gasteiger partial charge in [0, 0.05) is 5.92 Å². The van der Waals surface area contributed by atoms with E-state index in [1.165, 1.54) is 0 Å². The zero-order valence-electron chi connectivity index (χ0n) is 18.5. The number of phenols is 1. The molecule has 4 heteroatoms. The van der Waals surface area contributed by atoms with Gasteiger partial charge in [-0.3, -0.25) is 4.79 Å². The van der Waals surface area contributed by atoms with Gasteiger partial charge < -0.3 is 16.6 Å². The molecule has 0 aliphatic carbocycles. The van der Waals surface area contributed by atoms with Gasteiger partial charge in [0.2, 0.25) is 0 Å². The fourth-order valence-corrected chi connectivity index (χ4v) is 3.35. The number of carbonyl (C=O) groups excluding carboxylic acids is 1. The lowest BCUT2D eigenvalue weighted by Crippen LogP contribution is -2.59. The van der Waals surface area contributed by atoms with Crippen molar-refractivity contribution in [3.8, 4) is 5.75 Å². The fraction of sp³-hybridized carbons (Fsp3) is 0.696. The minimum absolute atomic E-state index is 0.00551. The van der Waals surface area contributed by atoms with E-state index in [-0.39, 0.29) is 28.3 Å². The molecular formula is C23H40N2O2. The summed E-state index contributed by atoms with van der Waals surface area (Å²) in [5.74, 6) is 0.320. The molecule has 0 aliphatic rings. The summed E-state index contributed by atoms with van der Waals surface area (Å²) < 4.78 is 0. The van der Waals surface area contributed by atoms with Crippen molar-refractivity contribution < 1.29 is 9.90 Å². The third-order valence-corrected chi connectivity index (χ3v) is 6.17. The Morgan fingerprint density at radius 1 is 0.963 bits per heavy atom. The molecule has 0 aliphatic heterocycles. The average molecular weight is 377 g/mol. The smallest absolute Gasteiger partial charge is 0.174 e. The largest absolute Gasteiger partial charge is 0.508 e. The first-order chi connectivity index (χ1) is 12.1. The molecule has 3 unspecified atom stereocenters. The van der Waals surface area contributed by atoms with Crippen molar-refractivity contribution in [1.29, 1.82) is 0 Å². The predicted molar refractivity (Wildman–Crippen MR) is 113 cm³/mol. The summed E-state index contributed by atoms with van der Waals surface area (Å²) >= 11 is 0. The van der Waals surface area contributed by atoms with E-state index in [4.69, 9.17) is 11.5 Å². The highest BCUT2D eigenvalue weighted by Gasteiger charge is 2.40. The van der Waals surface area contributed by atoms with Crippen molar-refractivity contribution in [2.24, 2.45) is 34.1 Å².